The van der Waals surface area contributed by atoms with Gasteiger partial charge in [0.15, 0.2) is 0 Å². The maximum absolute atomic E-state index is 8.58. The van der Waals surface area contributed by atoms with E-state index in [0.717, 1.165) is 12.8 Å². The van der Waals surface area contributed by atoms with E-state index in [9.17, 15) is 0 Å². The summed E-state index contributed by atoms with van der Waals surface area (Å²) in [6.45, 7) is 0. The Morgan fingerprint density at radius 1 is 1.50 bits per heavy atom. The first kappa shape index (κ1) is 9.38. The molecular formula is C9H10N2S-2. The molecule has 1 aliphatic carbocycles. The van der Waals surface area contributed by atoms with Crippen LogP contribution >= 0.6 is 0 Å². The van der Waals surface area contributed by atoms with Gasteiger partial charge in [-0.05, 0) is 0 Å². The molecule has 12 heavy (non-hydrogen) atoms. The summed E-state index contributed by atoms with van der Waals surface area (Å²) in [5.41, 5.74) is 0.219. The molecule has 1 saturated carbocycles. The topological polar surface area (TPSA) is 46.1 Å². The summed E-state index contributed by atoms with van der Waals surface area (Å²) in [5.74, 6) is 2.28. The van der Waals surface area contributed by atoms with Crippen molar-refractivity contribution in [2.24, 2.45) is 5.92 Å². The smallest absolute Gasteiger partial charge is 0.0995 e. The zero-order chi connectivity index (χ0) is 8.97. The average molecular weight is 178 g/mol. The molecule has 0 heterocycles. The minimum atomic E-state index is -0.234. The van der Waals surface area contributed by atoms with Crippen LogP contribution in [0.1, 0.15) is 25.7 Å². The Morgan fingerprint density at radius 3 is 2.50 bits per heavy atom. The molecule has 0 aromatic heterocycles. The Hall–Kier alpha value is -0.710. The third kappa shape index (κ3) is 1.91. The van der Waals surface area contributed by atoms with Crippen LogP contribution in [0.25, 0.3) is 5.41 Å². The van der Waals surface area contributed by atoms with Crippen molar-refractivity contribution < 1.29 is 0 Å². The minimum absolute atomic E-state index is 0.219. The highest BCUT2D eigenvalue weighted by molar-refractivity contribution is 7.59. The first-order valence-corrected chi connectivity index (χ1v) is 4.59. The van der Waals surface area contributed by atoms with E-state index in [1.54, 1.807) is 0 Å². The molecule has 1 unspecified atom stereocenters. The van der Waals surface area contributed by atoms with Gasteiger partial charge in [0, 0.05) is 5.57 Å². The Labute approximate surface area is 78.2 Å². The van der Waals surface area contributed by atoms with Crippen LogP contribution < -0.4 is 0 Å². The second-order valence-corrected chi connectivity index (χ2v) is 3.61. The van der Waals surface area contributed by atoms with Crippen molar-refractivity contribution in [3.63, 3.8) is 0 Å². The number of nitrogens with zero attached hydrogens (tertiary/aromatic N) is 2. The van der Waals surface area contributed by atoms with Crippen LogP contribution in [0.15, 0.2) is 5.57 Å². The Kier molecular flexibility index (Phi) is 3.40. The zero-order valence-electron chi connectivity index (χ0n) is 6.79. The van der Waals surface area contributed by atoms with Crippen molar-refractivity contribution in [2.45, 2.75) is 30.9 Å². The maximum atomic E-state index is 8.58. The molecular weight excluding hydrogens is 168 g/mol. The molecule has 64 valence electrons. The van der Waals surface area contributed by atoms with Crippen LogP contribution in [0.5, 0.6) is 0 Å². The van der Waals surface area contributed by atoms with Crippen molar-refractivity contribution in [3.8, 4) is 6.07 Å². The lowest BCUT2D eigenvalue weighted by atomic mass is 9.99. The van der Waals surface area contributed by atoms with Crippen LogP contribution in [-0.2, 0) is 12.6 Å². The van der Waals surface area contributed by atoms with Crippen molar-refractivity contribution in [1.82, 2.24) is 0 Å². The Balaban J connectivity index is 2.63. The van der Waals surface area contributed by atoms with Gasteiger partial charge in [-0.2, -0.15) is 5.26 Å². The third-order valence-corrected chi connectivity index (χ3v) is 2.97. The Morgan fingerprint density at radius 2 is 2.08 bits per heavy atom. The second-order valence-electron chi connectivity index (χ2n) is 3.10. The maximum Gasteiger partial charge on any atom is 0.0995 e. The van der Waals surface area contributed by atoms with Gasteiger partial charge >= 0.3 is 0 Å². The molecule has 0 saturated heterocycles. The van der Waals surface area contributed by atoms with E-state index in [1.165, 1.54) is 12.8 Å². The molecule has 0 amide bonds. The summed E-state index contributed by atoms with van der Waals surface area (Å²) in [6, 6.07) is 1.88. The molecule has 0 aliphatic heterocycles. The fourth-order valence-electron chi connectivity index (χ4n) is 1.65. The molecule has 1 atom stereocenters. The predicted molar refractivity (Wildman–Crippen MR) is 50.6 cm³/mol. The van der Waals surface area contributed by atoms with Gasteiger partial charge in [-0.1, -0.05) is 31.6 Å². The van der Waals surface area contributed by atoms with Gasteiger partial charge in [-0.25, -0.2) is 0 Å². The highest BCUT2D eigenvalue weighted by atomic mass is 32.1. The average Bonchev–Trinajstić information content (AvgIpc) is 2.58. The van der Waals surface area contributed by atoms with Gasteiger partial charge in [-0.15, -0.1) is 5.25 Å². The predicted octanol–water partition coefficient (Wildman–Crippen LogP) is 1.78. The molecule has 1 rings (SSSR count). The van der Waals surface area contributed by atoms with E-state index in [4.69, 9.17) is 23.3 Å². The normalized spacial score (nSPS) is 19.7. The van der Waals surface area contributed by atoms with Gasteiger partial charge in [0.2, 0.25) is 0 Å². The van der Waals surface area contributed by atoms with Crippen LogP contribution in [0.2, 0.25) is 0 Å². The summed E-state index contributed by atoms with van der Waals surface area (Å²) >= 11 is 5.13. The number of hydrogen-bond donors (Lipinski definition) is 0. The molecule has 1 fully saturated rings. The summed E-state index contributed by atoms with van der Waals surface area (Å²) in [7, 11) is 0. The van der Waals surface area contributed by atoms with Crippen molar-refractivity contribution in [1.29, 1.82) is 5.26 Å². The third-order valence-electron chi connectivity index (χ3n) is 2.35. The second kappa shape index (κ2) is 4.35. The highest BCUT2D eigenvalue weighted by Crippen LogP contribution is 2.30. The molecule has 0 aromatic carbocycles. The largest absolute Gasteiger partial charge is 0.783 e. The molecule has 0 bridgehead atoms. The minimum Gasteiger partial charge on any atom is -0.783 e. The van der Waals surface area contributed by atoms with E-state index in [2.05, 4.69) is 0 Å². The van der Waals surface area contributed by atoms with E-state index in [0.29, 0.717) is 5.92 Å². The monoisotopic (exact) mass is 178 g/mol. The Bertz CT molecular complexity index is 242. The quantitative estimate of drug-likeness (QED) is 0.367. The van der Waals surface area contributed by atoms with Crippen LogP contribution in [0.3, 0.4) is 0 Å². The van der Waals surface area contributed by atoms with Gasteiger partial charge in [0.05, 0.1) is 6.07 Å². The summed E-state index contributed by atoms with van der Waals surface area (Å²) in [5, 5.41) is 16.9. The lowest BCUT2D eigenvalue weighted by Crippen LogP contribution is -2.17. The first-order valence-electron chi connectivity index (χ1n) is 4.12. The van der Waals surface area contributed by atoms with Crippen LogP contribution in [-0.4, -0.2) is 11.1 Å². The number of hydrogen-bond acceptors (Lipinski definition) is 2. The highest BCUT2D eigenvalue weighted by Gasteiger charge is 2.18. The molecule has 0 radical (unpaired) electrons. The summed E-state index contributed by atoms with van der Waals surface area (Å²) in [6.07, 6.45) is 4.56. The zero-order valence-corrected chi connectivity index (χ0v) is 7.60. The lowest BCUT2D eigenvalue weighted by Gasteiger charge is -2.28. The molecule has 0 spiro atoms. The van der Waals surface area contributed by atoms with Crippen molar-refractivity contribution in [3.05, 3.63) is 11.0 Å². The van der Waals surface area contributed by atoms with Crippen LogP contribution in [0.4, 0.5) is 0 Å². The van der Waals surface area contributed by atoms with E-state index < -0.39 is 0 Å². The molecule has 0 N–H and O–H groups in total. The van der Waals surface area contributed by atoms with Gasteiger partial charge < -0.3 is 18.0 Å². The molecule has 2 nitrogen and oxygen atoms in total. The standard InChI is InChI=1S/C9H11N2S/c10-5-8(6-11)9(12)7-3-1-2-4-7/h7,9,12H,1-4H2/q-1/p-1. The molecule has 1 aliphatic rings. The molecule has 3 heteroatoms. The van der Waals surface area contributed by atoms with Gasteiger partial charge in [0.25, 0.3) is 0 Å². The van der Waals surface area contributed by atoms with E-state index in [1.807, 2.05) is 11.9 Å². The fourth-order valence-corrected chi connectivity index (χ4v) is 2.03. The number of nitriles is 1. The van der Waals surface area contributed by atoms with Crippen LogP contribution in [0, 0.1) is 17.2 Å². The SMILES string of the molecule is N#CC(=C=[N-])C([S-])C1CCCC1. The fraction of sp³-hybridized carbons (Fsp3) is 0.667. The van der Waals surface area contributed by atoms with E-state index in [-0.39, 0.29) is 10.8 Å². The first-order chi connectivity index (χ1) is 5.79. The summed E-state index contributed by atoms with van der Waals surface area (Å²) in [4.78, 5) is 0. The van der Waals surface area contributed by atoms with Crippen molar-refractivity contribution in [2.75, 3.05) is 0 Å². The van der Waals surface area contributed by atoms with E-state index >= 15 is 0 Å². The van der Waals surface area contributed by atoms with Crippen molar-refractivity contribution >= 4 is 18.5 Å². The molecule has 0 aromatic rings. The van der Waals surface area contributed by atoms with Gasteiger partial charge in [0.1, 0.15) is 0 Å². The summed E-state index contributed by atoms with van der Waals surface area (Å²) < 4.78 is 0. The number of rotatable bonds is 2. The lowest BCUT2D eigenvalue weighted by molar-refractivity contribution is 0.565. The van der Waals surface area contributed by atoms with Gasteiger partial charge in [-0.3, -0.25) is 5.87 Å².